The SMILES string of the molecule is O=C(O)c1ccc(C(=O)O)cc1.OCC1=CCCCC1. The normalized spacial score (nSPS) is 13.8. The van der Waals surface area contributed by atoms with Crippen LogP contribution in [0.3, 0.4) is 0 Å². The molecule has 1 aliphatic rings. The summed E-state index contributed by atoms with van der Waals surface area (Å²) in [6, 6.07) is 5.02. The van der Waals surface area contributed by atoms with Crippen LogP contribution in [0.25, 0.3) is 0 Å². The van der Waals surface area contributed by atoms with Gasteiger partial charge in [-0.2, -0.15) is 0 Å². The van der Waals surface area contributed by atoms with Crippen molar-refractivity contribution in [2.45, 2.75) is 25.7 Å². The minimum atomic E-state index is -1.06. The van der Waals surface area contributed by atoms with E-state index in [1.54, 1.807) is 0 Å². The molecule has 0 aromatic heterocycles. The summed E-state index contributed by atoms with van der Waals surface area (Å²) in [6.07, 6.45) is 7.03. The quantitative estimate of drug-likeness (QED) is 0.739. The molecule has 0 heterocycles. The molecule has 0 unspecified atom stereocenters. The lowest BCUT2D eigenvalue weighted by Crippen LogP contribution is -1.99. The van der Waals surface area contributed by atoms with E-state index in [0.717, 1.165) is 6.42 Å². The van der Waals surface area contributed by atoms with Gasteiger partial charge in [-0.15, -0.1) is 0 Å². The van der Waals surface area contributed by atoms with Crippen LogP contribution in [0.2, 0.25) is 0 Å². The average molecular weight is 278 g/mol. The minimum absolute atomic E-state index is 0.0833. The molecule has 1 aliphatic carbocycles. The Morgan fingerprint density at radius 1 is 0.950 bits per heavy atom. The van der Waals surface area contributed by atoms with Gasteiger partial charge < -0.3 is 15.3 Å². The third-order valence-corrected chi connectivity index (χ3v) is 2.97. The van der Waals surface area contributed by atoms with E-state index in [2.05, 4.69) is 6.08 Å². The molecule has 1 aromatic rings. The fourth-order valence-electron chi connectivity index (χ4n) is 1.80. The Balaban J connectivity index is 0.000000217. The van der Waals surface area contributed by atoms with Gasteiger partial charge in [0.1, 0.15) is 0 Å². The molecule has 1 aromatic carbocycles. The van der Waals surface area contributed by atoms with Gasteiger partial charge in [0.2, 0.25) is 0 Å². The summed E-state index contributed by atoms with van der Waals surface area (Å²) in [4.78, 5) is 20.7. The first-order valence-corrected chi connectivity index (χ1v) is 6.40. The average Bonchev–Trinajstić information content (AvgIpc) is 2.48. The van der Waals surface area contributed by atoms with Crippen LogP contribution in [0.1, 0.15) is 46.4 Å². The van der Waals surface area contributed by atoms with Crippen LogP contribution in [0, 0.1) is 0 Å². The van der Waals surface area contributed by atoms with E-state index >= 15 is 0 Å². The number of allylic oxidation sites excluding steroid dienone is 1. The molecule has 0 fully saturated rings. The van der Waals surface area contributed by atoms with Crippen LogP contribution in [-0.4, -0.2) is 33.9 Å². The molecule has 0 amide bonds. The maximum atomic E-state index is 10.3. The summed E-state index contributed by atoms with van der Waals surface area (Å²) in [7, 11) is 0. The Labute approximate surface area is 117 Å². The van der Waals surface area contributed by atoms with E-state index in [-0.39, 0.29) is 17.7 Å². The highest BCUT2D eigenvalue weighted by Crippen LogP contribution is 2.15. The highest BCUT2D eigenvalue weighted by atomic mass is 16.4. The molecule has 0 radical (unpaired) electrons. The van der Waals surface area contributed by atoms with Crippen molar-refractivity contribution < 1.29 is 24.9 Å². The maximum Gasteiger partial charge on any atom is 0.335 e. The van der Waals surface area contributed by atoms with E-state index < -0.39 is 11.9 Å². The van der Waals surface area contributed by atoms with Gasteiger partial charge in [-0.05, 0) is 55.5 Å². The van der Waals surface area contributed by atoms with Crippen molar-refractivity contribution in [1.29, 1.82) is 0 Å². The van der Waals surface area contributed by atoms with Crippen molar-refractivity contribution in [3.8, 4) is 0 Å². The zero-order chi connectivity index (χ0) is 15.0. The maximum absolute atomic E-state index is 10.3. The number of carboxylic acid groups (broad SMARTS) is 2. The van der Waals surface area contributed by atoms with Crippen LogP contribution in [-0.2, 0) is 0 Å². The van der Waals surface area contributed by atoms with Crippen molar-refractivity contribution in [3.63, 3.8) is 0 Å². The van der Waals surface area contributed by atoms with Crippen molar-refractivity contribution in [2.24, 2.45) is 0 Å². The molecule has 0 spiro atoms. The Bertz CT molecular complexity index is 454. The van der Waals surface area contributed by atoms with E-state index in [0.29, 0.717) is 0 Å². The zero-order valence-electron chi connectivity index (χ0n) is 11.1. The van der Waals surface area contributed by atoms with Crippen LogP contribution in [0.4, 0.5) is 0 Å². The molecular weight excluding hydrogens is 260 g/mol. The number of aliphatic hydroxyl groups excluding tert-OH is 1. The zero-order valence-corrected chi connectivity index (χ0v) is 11.1. The van der Waals surface area contributed by atoms with Crippen molar-refractivity contribution in [1.82, 2.24) is 0 Å². The lowest BCUT2D eigenvalue weighted by molar-refractivity contribution is 0.0681. The Morgan fingerprint density at radius 3 is 1.70 bits per heavy atom. The number of hydrogen-bond donors (Lipinski definition) is 3. The highest BCUT2D eigenvalue weighted by molar-refractivity contribution is 5.91. The number of aromatic carboxylic acids is 2. The first kappa shape index (κ1) is 15.9. The lowest BCUT2D eigenvalue weighted by Gasteiger charge is -2.08. The molecule has 5 heteroatoms. The third kappa shape index (κ3) is 5.24. The molecular formula is C15H18O5. The second-order valence-corrected chi connectivity index (χ2v) is 4.45. The Kier molecular flexibility index (Phi) is 6.46. The first-order chi connectivity index (χ1) is 9.54. The van der Waals surface area contributed by atoms with Gasteiger partial charge in [0.25, 0.3) is 0 Å². The number of carboxylic acids is 2. The van der Waals surface area contributed by atoms with Crippen molar-refractivity contribution >= 4 is 11.9 Å². The summed E-state index contributed by atoms with van der Waals surface area (Å²) >= 11 is 0. The Morgan fingerprint density at radius 2 is 1.45 bits per heavy atom. The van der Waals surface area contributed by atoms with E-state index in [1.165, 1.54) is 49.1 Å². The summed E-state index contributed by atoms with van der Waals surface area (Å²) < 4.78 is 0. The van der Waals surface area contributed by atoms with Crippen molar-refractivity contribution in [2.75, 3.05) is 6.61 Å². The standard InChI is InChI=1S/C8H6O4.C7H12O/c9-7(10)5-1-2-6(4-3-5)8(11)12;8-6-7-4-2-1-3-5-7/h1-4H,(H,9,10)(H,11,12);4,8H,1-3,5-6H2. The monoisotopic (exact) mass is 278 g/mol. The van der Waals surface area contributed by atoms with E-state index in [4.69, 9.17) is 15.3 Å². The minimum Gasteiger partial charge on any atom is -0.478 e. The summed E-state index contributed by atoms with van der Waals surface area (Å²) in [6.45, 7) is 0.278. The molecule has 108 valence electrons. The van der Waals surface area contributed by atoms with Gasteiger partial charge in [0.15, 0.2) is 0 Å². The molecule has 2 rings (SSSR count). The largest absolute Gasteiger partial charge is 0.478 e. The Hall–Kier alpha value is -2.14. The molecule has 0 aliphatic heterocycles. The van der Waals surface area contributed by atoms with Gasteiger partial charge >= 0.3 is 11.9 Å². The molecule has 20 heavy (non-hydrogen) atoms. The topological polar surface area (TPSA) is 94.8 Å². The predicted octanol–water partition coefficient (Wildman–Crippen LogP) is 2.56. The molecule has 0 atom stereocenters. The van der Waals surface area contributed by atoms with Gasteiger partial charge in [-0.3, -0.25) is 0 Å². The fraction of sp³-hybridized carbons (Fsp3) is 0.333. The molecule has 0 bridgehead atoms. The number of hydrogen-bond acceptors (Lipinski definition) is 3. The summed E-state index contributed by atoms with van der Waals surface area (Å²) in [5, 5.41) is 25.6. The smallest absolute Gasteiger partial charge is 0.335 e. The van der Waals surface area contributed by atoms with Crippen LogP contribution in [0.5, 0.6) is 0 Å². The molecule has 0 saturated carbocycles. The van der Waals surface area contributed by atoms with Gasteiger partial charge in [0.05, 0.1) is 17.7 Å². The van der Waals surface area contributed by atoms with Crippen LogP contribution >= 0.6 is 0 Å². The van der Waals surface area contributed by atoms with Gasteiger partial charge in [0, 0.05) is 0 Å². The summed E-state index contributed by atoms with van der Waals surface area (Å²) in [5.74, 6) is -2.13. The highest BCUT2D eigenvalue weighted by Gasteiger charge is 2.04. The molecule has 0 saturated heterocycles. The molecule has 3 N–H and O–H groups in total. The van der Waals surface area contributed by atoms with Gasteiger partial charge in [-0.25, -0.2) is 9.59 Å². The fourth-order valence-corrected chi connectivity index (χ4v) is 1.80. The van der Waals surface area contributed by atoms with Crippen LogP contribution in [0.15, 0.2) is 35.9 Å². The summed E-state index contributed by atoms with van der Waals surface area (Å²) in [5.41, 5.74) is 1.40. The number of rotatable bonds is 3. The van der Waals surface area contributed by atoms with Gasteiger partial charge in [-0.1, -0.05) is 6.08 Å². The number of carbonyl (C=O) groups is 2. The molecule has 5 nitrogen and oxygen atoms in total. The first-order valence-electron chi connectivity index (χ1n) is 6.40. The van der Waals surface area contributed by atoms with E-state index in [9.17, 15) is 9.59 Å². The van der Waals surface area contributed by atoms with Crippen molar-refractivity contribution in [3.05, 3.63) is 47.0 Å². The third-order valence-electron chi connectivity index (χ3n) is 2.97. The second kappa shape index (κ2) is 8.12. The lowest BCUT2D eigenvalue weighted by atomic mass is 10.0. The predicted molar refractivity (Wildman–Crippen MR) is 74.0 cm³/mol. The van der Waals surface area contributed by atoms with Crippen LogP contribution < -0.4 is 0 Å². The number of aliphatic hydroxyl groups is 1. The second-order valence-electron chi connectivity index (χ2n) is 4.45. The van der Waals surface area contributed by atoms with E-state index in [1.807, 2.05) is 0 Å². The number of benzene rings is 1.